The van der Waals surface area contributed by atoms with E-state index in [1.165, 1.54) is 17.6 Å². The number of piperidine rings is 1. The fraction of sp³-hybridized carbons (Fsp3) is 0.556. The van der Waals surface area contributed by atoms with E-state index >= 15 is 0 Å². The van der Waals surface area contributed by atoms with Gasteiger partial charge in [0.25, 0.3) is 0 Å². The van der Waals surface area contributed by atoms with Crippen molar-refractivity contribution in [1.29, 1.82) is 0 Å². The average molecular weight is 348 g/mol. The van der Waals surface area contributed by atoms with Crippen LogP contribution >= 0.6 is 0 Å². The van der Waals surface area contributed by atoms with E-state index in [9.17, 15) is 9.59 Å². The highest BCUT2D eigenvalue weighted by Gasteiger charge is 2.37. The molecule has 3 rings (SSSR count). The first kappa shape index (κ1) is 17.5. The van der Waals surface area contributed by atoms with Crippen LogP contribution in [0.25, 0.3) is 0 Å². The minimum Gasteiger partial charge on any atom is -0.467 e. The van der Waals surface area contributed by atoms with Gasteiger partial charge in [0, 0.05) is 0 Å². The van der Waals surface area contributed by atoms with Gasteiger partial charge in [-0.1, -0.05) is 0 Å². The molecule has 25 heavy (non-hydrogen) atoms. The van der Waals surface area contributed by atoms with Crippen molar-refractivity contribution in [3.63, 3.8) is 0 Å². The van der Waals surface area contributed by atoms with E-state index in [-0.39, 0.29) is 12.6 Å². The van der Waals surface area contributed by atoms with Gasteiger partial charge in [-0.3, -0.25) is 0 Å². The van der Waals surface area contributed by atoms with E-state index in [1.54, 1.807) is 19.1 Å². The summed E-state index contributed by atoms with van der Waals surface area (Å²) in [6, 6.07) is 3.04. The van der Waals surface area contributed by atoms with E-state index in [0.717, 1.165) is 19.4 Å². The summed E-state index contributed by atoms with van der Waals surface area (Å²) in [5.74, 6) is 0.104. The Morgan fingerprint density at radius 1 is 1.44 bits per heavy atom. The van der Waals surface area contributed by atoms with Crippen molar-refractivity contribution in [1.82, 2.24) is 10.6 Å². The van der Waals surface area contributed by atoms with Gasteiger partial charge >= 0.3 is 12.0 Å². The van der Waals surface area contributed by atoms with Crippen LogP contribution in [0.15, 0.2) is 34.1 Å². The Morgan fingerprint density at radius 3 is 2.96 bits per heavy atom. The van der Waals surface area contributed by atoms with Crippen LogP contribution < -0.4 is 15.5 Å². The van der Waals surface area contributed by atoms with Gasteiger partial charge in [-0.2, -0.15) is 0 Å². The molecule has 0 saturated carbocycles. The Bertz CT molecular complexity index is 653. The molecule has 0 spiro atoms. The molecule has 7 nitrogen and oxygen atoms in total. The first-order chi connectivity index (χ1) is 12.1. The maximum Gasteiger partial charge on any atom is 0.338 e. The number of quaternary nitrogens is 1. The van der Waals surface area contributed by atoms with Crippen LogP contribution in [0.2, 0.25) is 0 Å². The van der Waals surface area contributed by atoms with E-state index in [0.29, 0.717) is 29.6 Å². The molecule has 2 aliphatic heterocycles. The number of hydrogen-bond acceptors (Lipinski definition) is 4. The van der Waals surface area contributed by atoms with Crippen LogP contribution in [0.4, 0.5) is 4.79 Å². The maximum atomic E-state index is 12.6. The number of nitrogens with one attached hydrogen (secondary N) is 3. The minimum absolute atomic E-state index is 0.279. The third-order valence-electron chi connectivity index (χ3n) is 4.96. The molecule has 0 bridgehead atoms. The molecule has 1 saturated heterocycles. The number of hydrogen-bond donors (Lipinski definition) is 3. The summed E-state index contributed by atoms with van der Waals surface area (Å²) in [5, 5.41) is 5.61. The number of carbonyl (C=O) groups is 2. The summed E-state index contributed by atoms with van der Waals surface area (Å²) in [7, 11) is 0. The lowest BCUT2D eigenvalue weighted by Crippen LogP contribution is -3.16. The zero-order valence-electron chi connectivity index (χ0n) is 14.8. The van der Waals surface area contributed by atoms with Gasteiger partial charge in [0.15, 0.2) is 0 Å². The first-order valence-electron chi connectivity index (χ1n) is 8.95. The third-order valence-corrected chi connectivity index (χ3v) is 4.96. The van der Waals surface area contributed by atoms with Crippen LogP contribution in [-0.2, 0) is 9.53 Å². The average Bonchev–Trinajstić information content (AvgIpc) is 3.11. The second kappa shape index (κ2) is 7.74. The number of ether oxygens (including phenoxy) is 1. The molecule has 0 aromatic carbocycles. The maximum absolute atomic E-state index is 12.6. The largest absolute Gasteiger partial charge is 0.467 e. The molecule has 2 amide bonds. The topological polar surface area (TPSA) is 85.0 Å². The number of rotatable bonds is 5. The normalized spacial score (nSPS) is 26.8. The summed E-state index contributed by atoms with van der Waals surface area (Å²) in [6.07, 6.45) is 5.09. The van der Waals surface area contributed by atoms with E-state index in [4.69, 9.17) is 9.15 Å². The summed E-state index contributed by atoms with van der Waals surface area (Å²) in [6.45, 7) is 5.90. The molecule has 0 radical (unpaired) electrons. The predicted molar refractivity (Wildman–Crippen MR) is 90.8 cm³/mol. The van der Waals surface area contributed by atoms with Gasteiger partial charge in [0.05, 0.1) is 36.7 Å². The van der Waals surface area contributed by atoms with Gasteiger partial charge in [-0.05, 0) is 45.2 Å². The lowest BCUT2D eigenvalue weighted by Gasteiger charge is -2.34. The monoisotopic (exact) mass is 348 g/mol. The molecule has 1 unspecified atom stereocenters. The summed E-state index contributed by atoms with van der Waals surface area (Å²) in [5.41, 5.74) is 1.06. The van der Waals surface area contributed by atoms with Crippen molar-refractivity contribution in [2.75, 3.05) is 19.7 Å². The summed E-state index contributed by atoms with van der Waals surface area (Å²) in [4.78, 5) is 26.2. The molecule has 1 aromatic rings. The highest BCUT2D eigenvalue weighted by Crippen LogP contribution is 2.27. The fourth-order valence-corrected chi connectivity index (χ4v) is 3.62. The number of urea groups is 1. The van der Waals surface area contributed by atoms with Crippen molar-refractivity contribution < 1.29 is 23.6 Å². The zero-order chi connectivity index (χ0) is 17.8. The van der Waals surface area contributed by atoms with Crippen molar-refractivity contribution in [2.45, 2.75) is 45.2 Å². The standard InChI is InChI=1S/C18H25N3O4/c1-3-24-17(22)15-13(11-21-9-5-4-7-12(21)2)19-18(23)20-16(15)14-8-6-10-25-14/h6,8,10,12,16H,3-5,7,9,11H2,1-2H3,(H2,19,20,23)/p+1/t12-,16-/m1/s1. The number of likely N-dealkylation sites (tertiary alicyclic amines) is 1. The van der Waals surface area contributed by atoms with Crippen molar-refractivity contribution in [3.05, 3.63) is 35.4 Å². The molecule has 7 heteroatoms. The van der Waals surface area contributed by atoms with Gasteiger partial charge < -0.3 is 24.7 Å². The van der Waals surface area contributed by atoms with Gasteiger partial charge in [0.1, 0.15) is 18.3 Å². The fourth-order valence-electron chi connectivity index (χ4n) is 3.62. The van der Waals surface area contributed by atoms with Crippen molar-refractivity contribution >= 4 is 12.0 Å². The van der Waals surface area contributed by atoms with Crippen LogP contribution in [0, 0.1) is 0 Å². The van der Waals surface area contributed by atoms with Crippen LogP contribution in [0.1, 0.15) is 44.9 Å². The summed E-state index contributed by atoms with van der Waals surface area (Å²) < 4.78 is 10.7. The Labute approximate surface area is 147 Å². The smallest absolute Gasteiger partial charge is 0.338 e. The molecular weight excluding hydrogens is 322 g/mol. The Balaban J connectivity index is 1.95. The quantitative estimate of drug-likeness (QED) is 0.691. The molecule has 0 aliphatic carbocycles. The van der Waals surface area contributed by atoms with E-state index in [1.807, 2.05) is 0 Å². The molecular formula is C18H26N3O4+. The SMILES string of the molecule is CCOC(=O)C1=C(C[NH+]2CCCC[C@H]2C)NC(=O)N[C@@H]1c1ccco1. The minimum atomic E-state index is -0.628. The number of amides is 2. The molecule has 136 valence electrons. The lowest BCUT2D eigenvalue weighted by molar-refractivity contribution is -0.924. The molecule has 1 aromatic heterocycles. The predicted octanol–water partition coefficient (Wildman–Crippen LogP) is 0.908. The summed E-state index contributed by atoms with van der Waals surface area (Å²) >= 11 is 0. The first-order valence-corrected chi connectivity index (χ1v) is 8.95. The van der Waals surface area contributed by atoms with Gasteiger partial charge in [0.2, 0.25) is 0 Å². The number of furan rings is 1. The Kier molecular flexibility index (Phi) is 5.43. The van der Waals surface area contributed by atoms with Crippen LogP contribution in [0.5, 0.6) is 0 Å². The van der Waals surface area contributed by atoms with Crippen LogP contribution in [-0.4, -0.2) is 37.7 Å². The zero-order valence-corrected chi connectivity index (χ0v) is 14.8. The Morgan fingerprint density at radius 2 is 2.28 bits per heavy atom. The van der Waals surface area contributed by atoms with Crippen molar-refractivity contribution in [3.8, 4) is 0 Å². The highest BCUT2D eigenvalue weighted by molar-refractivity contribution is 5.95. The molecule has 1 fully saturated rings. The van der Waals surface area contributed by atoms with Gasteiger partial charge in [-0.25, -0.2) is 9.59 Å². The molecule has 3 heterocycles. The van der Waals surface area contributed by atoms with E-state index < -0.39 is 12.0 Å². The second-order valence-corrected chi connectivity index (χ2v) is 6.64. The van der Waals surface area contributed by atoms with Gasteiger partial charge in [-0.15, -0.1) is 0 Å². The lowest BCUT2D eigenvalue weighted by atomic mass is 9.98. The third kappa shape index (κ3) is 3.87. The molecule has 3 atom stereocenters. The Hall–Kier alpha value is -2.28. The number of carbonyl (C=O) groups excluding carboxylic acids is 2. The highest BCUT2D eigenvalue weighted by atomic mass is 16.5. The number of esters is 1. The van der Waals surface area contributed by atoms with E-state index in [2.05, 4.69) is 17.6 Å². The second-order valence-electron chi connectivity index (χ2n) is 6.64. The van der Waals surface area contributed by atoms with Crippen LogP contribution in [0.3, 0.4) is 0 Å². The van der Waals surface area contributed by atoms with Crippen molar-refractivity contribution in [2.24, 2.45) is 0 Å². The molecule has 2 aliphatic rings. The molecule has 3 N–H and O–H groups in total.